The molecule has 0 N–H and O–H groups in total. The summed E-state index contributed by atoms with van der Waals surface area (Å²) < 4.78 is 0. The van der Waals surface area contributed by atoms with E-state index in [9.17, 15) is 0 Å². The van der Waals surface area contributed by atoms with Gasteiger partial charge < -0.3 is 0 Å². The molecule has 0 saturated carbocycles. The molecule has 1 aromatic rings. The Morgan fingerprint density at radius 2 is 2.07 bits per heavy atom. The monoisotopic (exact) mass is 183 g/mol. The van der Waals surface area contributed by atoms with Crippen molar-refractivity contribution in [3.8, 4) is 11.8 Å². The number of rotatable bonds is 1. The van der Waals surface area contributed by atoms with Gasteiger partial charge in [0.25, 0.3) is 0 Å². The first-order chi connectivity index (χ1) is 6.56. The molecule has 0 fully saturated rings. The fourth-order valence-corrected chi connectivity index (χ4v) is 1.22. The molecule has 1 heterocycles. The van der Waals surface area contributed by atoms with Gasteiger partial charge >= 0.3 is 0 Å². The Bertz CT molecular complexity index is 397. The second-order valence-electron chi connectivity index (χ2n) is 3.66. The van der Waals surface area contributed by atoms with Crippen molar-refractivity contribution in [3.63, 3.8) is 0 Å². The third-order valence-electron chi connectivity index (χ3n) is 2.12. The molecule has 0 amide bonds. The van der Waals surface area contributed by atoms with Crippen molar-refractivity contribution in [1.29, 1.82) is 0 Å². The zero-order valence-corrected chi connectivity index (χ0v) is 9.18. The maximum absolute atomic E-state index is 5.87. The molecule has 0 bridgehead atoms. The Hall–Kier alpha value is -1.23. The molecule has 70 valence electrons. The molecule has 1 aromatic heterocycles. The lowest BCUT2D eigenvalue weighted by atomic mass is 9.88. The molecule has 0 saturated heterocycles. The largest absolute Gasteiger partial charge is 0.245 e. The van der Waals surface area contributed by atoms with E-state index < -0.39 is 0 Å². The Balaban J connectivity index is 3.33. The van der Waals surface area contributed by atoms with E-state index in [4.69, 9.17) is 7.85 Å². The van der Waals surface area contributed by atoms with E-state index >= 15 is 0 Å². The first kappa shape index (κ1) is 10.9. The van der Waals surface area contributed by atoms with Crippen molar-refractivity contribution in [2.24, 2.45) is 0 Å². The number of hydrogen-bond acceptors (Lipinski definition) is 1. The average Bonchev–Trinajstić information content (AvgIpc) is 2.12. The minimum Gasteiger partial charge on any atom is -0.245 e. The fourth-order valence-electron chi connectivity index (χ4n) is 1.22. The number of aromatic nitrogens is 1. The van der Waals surface area contributed by atoms with Gasteiger partial charge in [-0.25, -0.2) is 4.98 Å². The second kappa shape index (κ2) is 4.33. The van der Waals surface area contributed by atoms with Gasteiger partial charge in [0.05, 0.1) is 0 Å². The van der Waals surface area contributed by atoms with Gasteiger partial charge in [0.15, 0.2) is 0 Å². The lowest BCUT2D eigenvalue weighted by Crippen LogP contribution is -2.16. The Morgan fingerprint density at radius 1 is 1.43 bits per heavy atom. The fraction of sp³-hybridized carbons (Fsp3) is 0.417. The quantitative estimate of drug-likeness (QED) is 0.476. The molecule has 14 heavy (non-hydrogen) atoms. The van der Waals surface area contributed by atoms with Crippen LogP contribution in [0.4, 0.5) is 0 Å². The topological polar surface area (TPSA) is 12.9 Å². The molecular formula is C12H14BN. The van der Waals surface area contributed by atoms with Gasteiger partial charge in [0.1, 0.15) is 13.5 Å². The Kier molecular flexibility index (Phi) is 3.35. The van der Waals surface area contributed by atoms with Crippen LogP contribution in [-0.2, 0) is 0 Å². The highest BCUT2D eigenvalue weighted by Gasteiger charge is 2.06. The van der Waals surface area contributed by atoms with Gasteiger partial charge in [-0.2, -0.15) is 0 Å². The van der Waals surface area contributed by atoms with Crippen molar-refractivity contribution in [2.75, 3.05) is 0 Å². The molecule has 0 aliphatic heterocycles. The summed E-state index contributed by atoms with van der Waals surface area (Å²) in [5.41, 5.74) is 3.51. The number of aryl methyl sites for hydroxylation is 1. The van der Waals surface area contributed by atoms with Crippen LogP contribution in [0, 0.1) is 18.8 Å². The standard InChI is InChI=1S/C12H14BN/c1-5-6-10-12(13)9(4)7-11(14-10)8(2)3/h7-8H,1-4H3. The molecule has 0 unspecified atom stereocenters. The van der Waals surface area contributed by atoms with E-state index in [-0.39, 0.29) is 0 Å². The van der Waals surface area contributed by atoms with Crippen LogP contribution in [-0.4, -0.2) is 12.8 Å². The number of hydrogen-bond donors (Lipinski definition) is 0. The summed E-state index contributed by atoms with van der Waals surface area (Å²) in [5, 5.41) is 0. The number of nitrogens with zero attached hydrogens (tertiary/aromatic N) is 1. The summed E-state index contributed by atoms with van der Waals surface area (Å²) in [6.45, 7) is 8.00. The Labute approximate surface area is 87.4 Å². The van der Waals surface area contributed by atoms with E-state index in [0.717, 1.165) is 11.3 Å². The third-order valence-corrected chi connectivity index (χ3v) is 2.12. The maximum Gasteiger partial charge on any atom is 0.118 e. The normalized spacial score (nSPS) is 9.79. The van der Waals surface area contributed by atoms with Gasteiger partial charge in [-0.3, -0.25) is 0 Å². The SMILES string of the molecule is [B]c1c(C)cc(C(C)C)nc1C#CC. The van der Waals surface area contributed by atoms with Crippen molar-refractivity contribution < 1.29 is 0 Å². The van der Waals surface area contributed by atoms with Gasteiger partial charge in [-0.05, 0) is 31.8 Å². The van der Waals surface area contributed by atoms with Crippen molar-refractivity contribution in [1.82, 2.24) is 4.98 Å². The maximum atomic E-state index is 5.87. The van der Waals surface area contributed by atoms with Crippen LogP contribution in [0.15, 0.2) is 6.07 Å². The Morgan fingerprint density at radius 3 is 2.57 bits per heavy atom. The van der Waals surface area contributed by atoms with Crippen LogP contribution < -0.4 is 5.46 Å². The minimum absolute atomic E-state index is 0.409. The summed E-state index contributed by atoms with van der Waals surface area (Å²) in [7, 11) is 5.87. The summed E-state index contributed by atoms with van der Waals surface area (Å²) in [5.74, 6) is 6.16. The highest BCUT2D eigenvalue weighted by atomic mass is 14.7. The van der Waals surface area contributed by atoms with Crippen LogP contribution in [0.1, 0.15) is 43.6 Å². The van der Waals surface area contributed by atoms with Crippen LogP contribution in [0.2, 0.25) is 0 Å². The van der Waals surface area contributed by atoms with Crippen molar-refractivity contribution in [3.05, 3.63) is 23.0 Å². The highest BCUT2D eigenvalue weighted by Crippen LogP contribution is 2.12. The highest BCUT2D eigenvalue weighted by molar-refractivity contribution is 6.34. The van der Waals surface area contributed by atoms with Crippen LogP contribution in [0.3, 0.4) is 0 Å². The predicted molar refractivity (Wildman–Crippen MR) is 61.0 cm³/mol. The number of pyridine rings is 1. The molecule has 2 heteroatoms. The molecule has 0 aliphatic carbocycles. The van der Waals surface area contributed by atoms with Crippen LogP contribution >= 0.6 is 0 Å². The molecular weight excluding hydrogens is 169 g/mol. The first-order valence-electron chi connectivity index (χ1n) is 4.76. The summed E-state index contributed by atoms with van der Waals surface area (Å²) in [6, 6.07) is 2.03. The van der Waals surface area contributed by atoms with Gasteiger partial charge in [-0.1, -0.05) is 30.8 Å². The van der Waals surface area contributed by atoms with E-state index in [1.807, 2.05) is 13.0 Å². The second-order valence-corrected chi connectivity index (χ2v) is 3.66. The average molecular weight is 183 g/mol. The smallest absolute Gasteiger partial charge is 0.118 e. The molecule has 1 rings (SSSR count). The first-order valence-corrected chi connectivity index (χ1v) is 4.76. The van der Waals surface area contributed by atoms with E-state index in [2.05, 4.69) is 30.7 Å². The van der Waals surface area contributed by atoms with Gasteiger partial charge in [-0.15, -0.1) is 0 Å². The molecule has 1 nitrogen and oxygen atoms in total. The lowest BCUT2D eigenvalue weighted by Gasteiger charge is -2.09. The molecule has 0 atom stereocenters. The lowest BCUT2D eigenvalue weighted by molar-refractivity contribution is 0.820. The summed E-state index contributed by atoms with van der Waals surface area (Å²) >= 11 is 0. The van der Waals surface area contributed by atoms with E-state index in [0.29, 0.717) is 17.1 Å². The molecule has 0 aliphatic rings. The van der Waals surface area contributed by atoms with Gasteiger partial charge in [0, 0.05) is 5.69 Å². The van der Waals surface area contributed by atoms with E-state index in [1.165, 1.54) is 0 Å². The zero-order chi connectivity index (χ0) is 10.7. The molecule has 0 spiro atoms. The van der Waals surface area contributed by atoms with Crippen LogP contribution in [0.25, 0.3) is 0 Å². The van der Waals surface area contributed by atoms with Crippen molar-refractivity contribution >= 4 is 13.3 Å². The van der Waals surface area contributed by atoms with Gasteiger partial charge in [0.2, 0.25) is 0 Å². The third kappa shape index (κ3) is 2.17. The molecule has 2 radical (unpaired) electrons. The summed E-state index contributed by atoms with van der Waals surface area (Å²) in [6.07, 6.45) is 0. The van der Waals surface area contributed by atoms with Crippen molar-refractivity contribution in [2.45, 2.75) is 33.6 Å². The minimum atomic E-state index is 0.409. The zero-order valence-electron chi connectivity index (χ0n) is 9.18. The predicted octanol–water partition coefficient (Wildman–Crippen LogP) is 1.68. The molecule has 0 aromatic carbocycles. The van der Waals surface area contributed by atoms with Crippen LogP contribution in [0.5, 0.6) is 0 Å². The summed E-state index contributed by atoms with van der Waals surface area (Å²) in [4.78, 5) is 4.42. The van der Waals surface area contributed by atoms with E-state index in [1.54, 1.807) is 6.92 Å².